The molecule has 1 aromatic rings. The van der Waals surface area contributed by atoms with Crippen LogP contribution in [0.2, 0.25) is 6.04 Å². The molecule has 0 saturated carbocycles. The van der Waals surface area contributed by atoms with Gasteiger partial charge in [0.2, 0.25) is 0 Å². The molecule has 0 amide bonds. The highest BCUT2D eigenvalue weighted by atomic mass is 127. The normalized spacial score (nSPS) is 10.0. The molecule has 1 rings (SSSR count). The van der Waals surface area contributed by atoms with Crippen molar-refractivity contribution in [1.82, 2.24) is 0 Å². The Morgan fingerprint density at radius 1 is 1.53 bits per heavy atom. The first-order chi connectivity index (χ1) is 7.15. The summed E-state index contributed by atoms with van der Waals surface area (Å²) in [5, 5.41) is 9.17. The maximum atomic E-state index is 11.5. The summed E-state index contributed by atoms with van der Waals surface area (Å²) in [5.74, 6) is -0.198. The zero-order valence-electron chi connectivity index (χ0n) is 8.00. The van der Waals surface area contributed by atoms with Gasteiger partial charge in [0.1, 0.15) is 5.75 Å². The quantitative estimate of drug-likeness (QED) is 0.397. The van der Waals surface area contributed by atoms with Gasteiger partial charge in [-0.2, -0.15) is 0 Å². The van der Waals surface area contributed by atoms with Crippen molar-refractivity contribution in [3.63, 3.8) is 0 Å². The third-order valence-corrected chi connectivity index (χ3v) is 2.97. The Morgan fingerprint density at radius 2 is 2.27 bits per heavy atom. The molecule has 0 fully saturated rings. The summed E-state index contributed by atoms with van der Waals surface area (Å²) in [6.45, 7) is 0.402. The largest absolute Gasteiger partial charge is 0.508 e. The summed E-state index contributed by atoms with van der Waals surface area (Å²) in [6.07, 6.45) is 0.789. The highest BCUT2D eigenvalue weighted by molar-refractivity contribution is 14.1. The van der Waals surface area contributed by atoms with Crippen LogP contribution in [0.5, 0.6) is 5.75 Å². The lowest BCUT2D eigenvalue weighted by Crippen LogP contribution is -2.08. The summed E-state index contributed by atoms with van der Waals surface area (Å²) in [6, 6.07) is 5.37. The van der Waals surface area contributed by atoms with Gasteiger partial charge in [-0.25, -0.2) is 4.79 Å². The fourth-order valence-corrected chi connectivity index (χ4v) is 1.85. The molecule has 3 radical (unpaired) electrons. The predicted molar refractivity (Wildman–Crippen MR) is 66.3 cm³/mol. The van der Waals surface area contributed by atoms with Gasteiger partial charge in [0, 0.05) is 13.8 Å². The SMILES string of the molecule is O=C(OCCC[Si])c1ccc(O)cc1I. The van der Waals surface area contributed by atoms with Crippen LogP contribution < -0.4 is 0 Å². The van der Waals surface area contributed by atoms with E-state index < -0.39 is 0 Å². The average molecular weight is 333 g/mol. The zero-order chi connectivity index (χ0) is 11.3. The third-order valence-electron chi connectivity index (χ3n) is 1.73. The number of ether oxygens (including phenoxy) is 1. The molecule has 1 N–H and O–H groups in total. The van der Waals surface area contributed by atoms with Crippen molar-refractivity contribution >= 4 is 38.8 Å². The Labute approximate surface area is 105 Å². The van der Waals surface area contributed by atoms with Gasteiger partial charge in [-0.05, 0) is 47.2 Å². The van der Waals surface area contributed by atoms with Crippen LogP contribution in [0.3, 0.4) is 0 Å². The van der Waals surface area contributed by atoms with Crippen LogP contribution in [0.25, 0.3) is 0 Å². The molecule has 0 heterocycles. The maximum Gasteiger partial charge on any atom is 0.339 e. The molecule has 0 aromatic heterocycles. The fraction of sp³-hybridized carbons (Fsp3) is 0.300. The third kappa shape index (κ3) is 3.82. The number of rotatable bonds is 4. The average Bonchev–Trinajstić information content (AvgIpc) is 2.17. The van der Waals surface area contributed by atoms with E-state index in [1.807, 2.05) is 22.6 Å². The molecule has 5 heteroatoms. The van der Waals surface area contributed by atoms with Gasteiger partial charge >= 0.3 is 5.97 Å². The minimum atomic E-state index is -0.348. The van der Waals surface area contributed by atoms with Crippen molar-refractivity contribution in [3.8, 4) is 5.75 Å². The number of benzene rings is 1. The summed E-state index contributed by atoms with van der Waals surface area (Å²) in [7, 11) is 3.30. The second-order valence-corrected chi connectivity index (χ2v) is 4.57. The van der Waals surface area contributed by atoms with Gasteiger partial charge in [0.25, 0.3) is 0 Å². The number of carbonyl (C=O) groups excluding carboxylic acids is 1. The molecule has 0 atom stereocenters. The Bertz CT molecular complexity index is 355. The molecule has 1 aromatic carbocycles. The molecule has 0 unspecified atom stereocenters. The first-order valence-corrected chi connectivity index (χ1v) is 6.24. The second-order valence-electron chi connectivity index (χ2n) is 2.90. The first kappa shape index (κ1) is 12.5. The number of hydrogen-bond acceptors (Lipinski definition) is 3. The summed E-state index contributed by atoms with van der Waals surface area (Å²) in [5.41, 5.74) is 0.488. The van der Waals surface area contributed by atoms with Gasteiger partial charge < -0.3 is 9.84 Å². The van der Waals surface area contributed by atoms with Crippen LogP contribution in [-0.4, -0.2) is 27.9 Å². The molecular weight excluding hydrogens is 323 g/mol. The van der Waals surface area contributed by atoms with E-state index in [0.717, 1.165) is 12.5 Å². The molecule has 15 heavy (non-hydrogen) atoms. The summed E-state index contributed by atoms with van der Waals surface area (Å²) < 4.78 is 5.72. The highest BCUT2D eigenvalue weighted by Crippen LogP contribution is 2.19. The smallest absolute Gasteiger partial charge is 0.339 e. The summed E-state index contributed by atoms with van der Waals surface area (Å²) in [4.78, 5) is 11.5. The first-order valence-electron chi connectivity index (χ1n) is 4.45. The van der Waals surface area contributed by atoms with Gasteiger partial charge in [-0.15, -0.1) is 0 Å². The molecule has 0 aliphatic rings. The lowest BCUT2D eigenvalue weighted by molar-refractivity contribution is 0.0504. The van der Waals surface area contributed by atoms with E-state index in [2.05, 4.69) is 10.2 Å². The zero-order valence-corrected chi connectivity index (χ0v) is 11.2. The van der Waals surface area contributed by atoms with Crippen molar-refractivity contribution in [3.05, 3.63) is 27.3 Å². The van der Waals surface area contributed by atoms with Crippen LogP contribution in [0.4, 0.5) is 0 Å². The fourth-order valence-electron chi connectivity index (χ4n) is 0.984. The molecule has 0 aliphatic carbocycles. The van der Waals surface area contributed by atoms with Gasteiger partial charge in [-0.3, -0.25) is 0 Å². The van der Waals surface area contributed by atoms with Crippen molar-refractivity contribution in [2.45, 2.75) is 12.5 Å². The molecule has 79 valence electrons. The van der Waals surface area contributed by atoms with Crippen LogP contribution in [0, 0.1) is 3.57 Å². The van der Waals surface area contributed by atoms with E-state index in [-0.39, 0.29) is 11.7 Å². The van der Waals surface area contributed by atoms with Crippen LogP contribution in [0.15, 0.2) is 18.2 Å². The second kappa shape index (κ2) is 6.11. The molecule has 0 aliphatic heterocycles. The lowest BCUT2D eigenvalue weighted by atomic mass is 10.2. The van der Waals surface area contributed by atoms with E-state index in [4.69, 9.17) is 4.74 Å². The number of hydrogen-bond donors (Lipinski definition) is 1. The lowest BCUT2D eigenvalue weighted by Gasteiger charge is -2.05. The number of phenolic OH excluding ortho intramolecular Hbond substituents is 1. The minimum absolute atomic E-state index is 0.149. The number of esters is 1. The highest BCUT2D eigenvalue weighted by Gasteiger charge is 2.11. The Morgan fingerprint density at radius 3 is 2.87 bits per heavy atom. The van der Waals surface area contributed by atoms with Gasteiger partial charge in [-0.1, -0.05) is 6.04 Å². The Hall–Kier alpha value is -0.563. The molecule has 3 nitrogen and oxygen atoms in total. The maximum absolute atomic E-state index is 11.5. The minimum Gasteiger partial charge on any atom is -0.508 e. The van der Waals surface area contributed by atoms with Crippen molar-refractivity contribution in [2.75, 3.05) is 6.61 Å². The van der Waals surface area contributed by atoms with Crippen LogP contribution in [-0.2, 0) is 4.74 Å². The Balaban J connectivity index is 2.65. The number of phenols is 1. The number of aromatic hydroxyl groups is 1. The Kier molecular flexibility index (Phi) is 5.10. The van der Waals surface area contributed by atoms with E-state index in [0.29, 0.717) is 15.7 Å². The van der Waals surface area contributed by atoms with Crippen LogP contribution in [0.1, 0.15) is 16.8 Å². The molecular formula is C10H10IO3Si. The number of halogens is 1. The van der Waals surface area contributed by atoms with E-state index in [9.17, 15) is 9.90 Å². The molecule has 0 saturated heterocycles. The van der Waals surface area contributed by atoms with E-state index in [1.54, 1.807) is 6.07 Å². The van der Waals surface area contributed by atoms with Crippen molar-refractivity contribution in [2.24, 2.45) is 0 Å². The van der Waals surface area contributed by atoms with Crippen molar-refractivity contribution < 1.29 is 14.6 Å². The van der Waals surface area contributed by atoms with Gasteiger partial charge in [0.05, 0.1) is 12.2 Å². The molecule has 0 bridgehead atoms. The van der Waals surface area contributed by atoms with E-state index in [1.165, 1.54) is 12.1 Å². The van der Waals surface area contributed by atoms with Crippen molar-refractivity contribution in [1.29, 1.82) is 0 Å². The van der Waals surface area contributed by atoms with E-state index >= 15 is 0 Å². The summed E-state index contributed by atoms with van der Waals surface area (Å²) >= 11 is 1.99. The predicted octanol–water partition coefficient (Wildman–Crippen LogP) is 2.13. The topological polar surface area (TPSA) is 46.5 Å². The number of carbonyl (C=O) groups is 1. The van der Waals surface area contributed by atoms with Crippen LogP contribution >= 0.6 is 22.6 Å². The molecule has 0 spiro atoms. The van der Waals surface area contributed by atoms with Gasteiger partial charge in [0.15, 0.2) is 0 Å². The monoisotopic (exact) mass is 333 g/mol. The standard InChI is InChI=1S/C10H10IO3Si/c11-9-6-7(12)2-3-8(9)10(13)14-4-1-5-15/h2-3,6,12H,1,4-5H2.